The third-order valence-corrected chi connectivity index (χ3v) is 9.84. The van der Waals surface area contributed by atoms with Crippen molar-refractivity contribution in [2.75, 3.05) is 39.0 Å². The van der Waals surface area contributed by atoms with Gasteiger partial charge in [-0.05, 0) is 83.7 Å². The quantitative estimate of drug-likeness (QED) is 0.154. The number of aliphatic hydroxyl groups excluding tert-OH is 1. The molecule has 5 atom stereocenters. The fourth-order valence-electron chi connectivity index (χ4n) is 6.95. The Balaban J connectivity index is 1.70. The van der Waals surface area contributed by atoms with E-state index in [1.54, 1.807) is 12.2 Å². The van der Waals surface area contributed by atoms with Gasteiger partial charge in [0.05, 0.1) is 0 Å². The largest absolute Gasteiger partial charge is 0.507 e. The zero-order valence-corrected chi connectivity index (χ0v) is 26.9. The van der Waals surface area contributed by atoms with Gasteiger partial charge in [0.2, 0.25) is 0 Å². The second-order valence-corrected chi connectivity index (χ2v) is 12.5. The number of nitrogen functional groups attached to an aromatic ring is 1. The number of likely N-dealkylation sites (tertiary alicyclic amines) is 1. The van der Waals surface area contributed by atoms with Crippen LogP contribution in [0.2, 0.25) is 0 Å². The van der Waals surface area contributed by atoms with E-state index < -0.39 is 0 Å². The number of hydrogen-bond donors (Lipinski definition) is 4. The van der Waals surface area contributed by atoms with E-state index in [1.807, 2.05) is 19.1 Å². The van der Waals surface area contributed by atoms with Crippen molar-refractivity contribution in [2.24, 2.45) is 11.7 Å². The molecule has 7 heteroatoms. The van der Waals surface area contributed by atoms with E-state index >= 15 is 0 Å². The summed E-state index contributed by atoms with van der Waals surface area (Å²) in [6, 6.07) is 2.03. The molecule has 1 aromatic rings. The predicted molar refractivity (Wildman–Crippen MR) is 176 cm³/mol. The molecule has 230 valence electrons. The summed E-state index contributed by atoms with van der Waals surface area (Å²) in [5.41, 5.74) is 17.4. The summed E-state index contributed by atoms with van der Waals surface area (Å²) in [5, 5.41) is 10.4. The Morgan fingerprint density at radius 1 is 1.24 bits per heavy atom. The number of allylic oxidation sites excluding steroid dienone is 3. The van der Waals surface area contributed by atoms with E-state index in [2.05, 4.69) is 67.9 Å². The molecule has 5 unspecified atom stereocenters. The monoisotopic (exact) mass is 566 g/mol. The molecule has 1 fully saturated rings. The van der Waals surface area contributed by atoms with Crippen molar-refractivity contribution >= 4 is 11.9 Å². The van der Waals surface area contributed by atoms with Gasteiger partial charge in [-0.1, -0.05) is 45.9 Å². The Bertz CT molecular complexity index is 1100. The van der Waals surface area contributed by atoms with Crippen molar-refractivity contribution in [3.05, 3.63) is 58.7 Å². The van der Waals surface area contributed by atoms with Crippen LogP contribution in [0.1, 0.15) is 96.5 Å². The summed E-state index contributed by atoms with van der Waals surface area (Å²) in [5.74, 6) is 1.52. The molecule has 7 nitrogen and oxygen atoms in total. The first kappa shape index (κ1) is 33.0. The highest BCUT2D eigenvalue weighted by molar-refractivity contribution is 5.72. The lowest BCUT2D eigenvalue weighted by Crippen LogP contribution is -2.45. The normalized spacial score (nSPS) is 23.6. The Labute approximate surface area is 250 Å². The molecule has 3 rings (SSSR count). The van der Waals surface area contributed by atoms with Gasteiger partial charge in [-0.2, -0.15) is 0 Å². The van der Waals surface area contributed by atoms with Crippen LogP contribution in [0.4, 0.5) is 5.82 Å². The van der Waals surface area contributed by atoms with Gasteiger partial charge in [-0.15, -0.1) is 0 Å². The van der Waals surface area contributed by atoms with Crippen LogP contribution in [0, 0.1) is 5.92 Å². The SMILES string of the molecule is C=C\C=C(O)/C(=C\C)C(/N)=C/c1c(N)[nH]c2c1C(C)N(C1CCN(C(CC)CCN(C)C(C)CC(C)CC)C1)CC2. The molecular formula is C34H58N6O. The smallest absolute Gasteiger partial charge is 0.124 e. The molecule has 6 N–H and O–H groups in total. The maximum atomic E-state index is 10.4. The van der Waals surface area contributed by atoms with Gasteiger partial charge in [0.1, 0.15) is 11.6 Å². The predicted octanol–water partition coefficient (Wildman–Crippen LogP) is 6.39. The van der Waals surface area contributed by atoms with Gasteiger partial charge in [-0.3, -0.25) is 9.80 Å². The number of fused-ring (bicyclic) bond motifs is 1. The fraction of sp³-hybridized carbons (Fsp3) is 0.647. The van der Waals surface area contributed by atoms with E-state index in [0.29, 0.717) is 35.2 Å². The van der Waals surface area contributed by atoms with Crippen LogP contribution in [0.25, 0.3) is 6.08 Å². The van der Waals surface area contributed by atoms with E-state index in [-0.39, 0.29) is 11.8 Å². The molecule has 1 saturated heterocycles. The van der Waals surface area contributed by atoms with Crippen molar-refractivity contribution in [1.29, 1.82) is 0 Å². The van der Waals surface area contributed by atoms with E-state index in [0.717, 1.165) is 37.5 Å². The molecule has 0 bridgehead atoms. The Morgan fingerprint density at radius 3 is 2.61 bits per heavy atom. The zero-order chi connectivity index (χ0) is 30.3. The number of nitrogens with two attached hydrogens (primary N) is 2. The second kappa shape index (κ2) is 15.1. The number of aliphatic hydroxyl groups is 1. The molecular weight excluding hydrogens is 508 g/mol. The highest BCUT2D eigenvalue weighted by atomic mass is 16.3. The first-order valence-corrected chi connectivity index (χ1v) is 15.9. The van der Waals surface area contributed by atoms with Crippen molar-refractivity contribution in [3.63, 3.8) is 0 Å². The lowest BCUT2D eigenvalue weighted by Gasteiger charge is -2.39. The van der Waals surface area contributed by atoms with Gasteiger partial charge >= 0.3 is 0 Å². The Kier molecular flexibility index (Phi) is 12.2. The van der Waals surface area contributed by atoms with Crippen LogP contribution < -0.4 is 11.5 Å². The molecule has 0 saturated carbocycles. The van der Waals surface area contributed by atoms with Crippen molar-refractivity contribution in [2.45, 2.75) is 104 Å². The molecule has 1 aromatic heterocycles. The molecule has 0 aliphatic carbocycles. The van der Waals surface area contributed by atoms with Gasteiger partial charge < -0.3 is 26.5 Å². The fourth-order valence-corrected chi connectivity index (χ4v) is 6.95. The molecule has 0 radical (unpaired) electrons. The highest BCUT2D eigenvalue weighted by Crippen LogP contribution is 2.39. The van der Waals surface area contributed by atoms with Gasteiger partial charge in [0.15, 0.2) is 0 Å². The first-order valence-electron chi connectivity index (χ1n) is 15.9. The number of nitrogens with one attached hydrogen (secondary N) is 1. The van der Waals surface area contributed by atoms with Gasteiger partial charge in [0.25, 0.3) is 0 Å². The summed E-state index contributed by atoms with van der Waals surface area (Å²) < 4.78 is 0. The third kappa shape index (κ3) is 7.88. The van der Waals surface area contributed by atoms with Crippen LogP contribution in [0.15, 0.2) is 41.8 Å². The zero-order valence-electron chi connectivity index (χ0n) is 26.9. The molecule has 0 amide bonds. The number of aromatic amines is 1. The minimum atomic E-state index is 0.0987. The van der Waals surface area contributed by atoms with Crippen LogP contribution in [0.5, 0.6) is 0 Å². The number of H-pyrrole nitrogens is 1. The van der Waals surface area contributed by atoms with E-state index in [4.69, 9.17) is 11.5 Å². The maximum absolute atomic E-state index is 10.4. The minimum Gasteiger partial charge on any atom is -0.507 e. The number of aromatic nitrogens is 1. The van der Waals surface area contributed by atoms with Crippen LogP contribution in [-0.2, 0) is 6.42 Å². The van der Waals surface area contributed by atoms with Crippen LogP contribution >= 0.6 is 0 Å². The molecule has 2 aliphatic rings. The summed E-state index contributed by atoms with van der Waals surface area (Å²) in [6.45, 7) is 21.7. The summed E-state index contributed by atoms with van der Waals surface area (Å²) in [6.07, 6.45) is 13.9. The molecule has 0 aromatic carbocycles. The van der Waals surface area contributed by atoms with Crippen molar-refractivity contribution in [1.82, 2.24) is 19.7 Å². The van der Waals surface area contributed by atoms with Crippen LogP contribution in [-0.4, -0.2) is 76.1 Å². The summed E-state index contributed by atoms with van der Waals surface area (Å²) in [7, 11) is 2.30. The summed E-state index contributed by atoms with van der Waals surface area (Å²) >= 11 is 0. The summed E-state index contributed by atoms with van der Waals surface area (Å²) in [4.78, 5) is 11.4. The minimum absolute atomic E-state index is 0.0987. The second-order valence-electron chi connectivity index (χ2n) is 12.5. The molecule has 0 spiro atoms. The van der Waals surface area contributed by atoms with E-state index in [1.165, 1.54) is 49.9 Å². The highest BCUT2D eigenvalue weighted by Gasteiger charge is 2.37. The number of nitrogens with zero attached hydrogens (tertiary/aromatic N) is 3. The Morgan fingerprint density at radius 2 is 1.98 bits per heavy atom. The lowest BCUT2D eigenvalue weighted by atomic mass is 9.93. The number of hydrogen-bond acceptors (Lipinski definition) is 6. The number of anilines is 1. The molecule has 2 aliphatic heterocycles. The average Bonchev–Trinajstić information content (AvgIpc) is 3.54. The maximum Gasteiger partial charge on any atom is 0.124 e. The van der Waals surface area contributed by atoms with E-state index in [9.17, 15) is 5.11 Å². The first-order chi connectivity index (χ1) is 19.6. The molecule has 3 heterocycles. The topological polar surface area (TPSA) is 97.8 Å². The third-order valence-electron chi connectivity index (χ3n) is 9.84. The van der Waals surface area contributed by atoms with Crippen LogP contribution in [0.3, 0.4) is 0 Å². The standard InChI is InChI=1S/C34H58N6O/c1-9-13-32(41)28(12-4)30(35)21-29-33-25(7)40(19-16-31(33)37-34(29)36)27-15-18-39(22-27)26(11-3)14-17-38(8)24(6)20-23(5)10-2/h9,12-13,21,23-27,37,41H,1,10-11,14-20,22,35-36H2,2-8H3/b28-12-,30-21-,32-13+. The lowest BCUT2D eigenvalue weighted by molar-refractivity contribution is 0.120. The van der Waals surface area contributed by atoms with Gasteiger partial charge in [0, 0.05) is 72.7 Å². The Hall–Kier alpha value is -2.48. The van der Waals surface area contributed by atoms with Gasteiger partial charge in [-0.25, -0.2) is 0 Å². The van der Waals surface area contributed by atoms with Crippen molar-refractivity contribution in [3.8, 4) is 0 Å². The average molecular weight is 567 g/mol. The molecule has 41 heavy (non-hydrogen) atoms. The van der Waals surface area contributed by atoms with Crippen molar-refractivity contribution < 1.29 is 5.11 Å². The number of rotatable bonds is 14.